The minimum atomic E-state index is -4.39. The summed E-state index contributed by atoms with van der Waals surface area (Å²) in [4.78, 5) is 4.47. The molecule has 24 heavy (non-hydrogen) atoms. The average Bonchev–Trinajstić information content (AvgIpc) is 2.95. The van der Waals surface area contributed by atoms with E-state index >= 15 is 0 Å². The predicted molar refractivity (Wildman–Crippen MR) is 94.6 cm³/mol. The Balaban J connectivity index is 1.75. The summed E-state index contributed by atoms with van der Waals surface area (Å²) in [5.74, 6) is 0. The molecule has 0 aliphatic heterocycles. The number of nitrogens with one attached hydrogen (secondary N) is 1. The smallest absolute Gasteiger partial charge is 0.397 e. The number of nitrogen functional groups attached to an aromatic ring is 1. The molecule has 0 amide bonds. The molecule has 1 heterocycles. The van der Waals surface area contributed by atoms with Crippen molar-refractivity contribution in [2.24, 2.45) is 0 Å². The van der Waals surface area contributed by atoms with E-state index in [1.807, 2.05) is 24.5 Å². The summed E-state index contributed by atoms with van der Waals surface area (Å²) in [5, 5.41) is 3.08. The quantitative estimate of drug-likeness (QED) is 0.488. The number of aromatic nitrogens is 1. The zero-order valence-electron chi connectivity index (χ0n) is 12.6. The Morgan fingerprint density at radius 2 is 2.00 bits per heavy atom. The summed E-state index contributed by atoms with van der Waals surface area (Å²) in [7, 11) is 0. The van der Waals surface area contributed by atoms with Gasteiger partial charge >= 0.3 is 6.18 Å². The number of thioether (sulfide) groups is 1. The average molecular weight is 369 g/mol. The molecule has 0 fully saturated rings. The van der Waals surface area contributed by atoms with Crippen LogP contribution in [0.5, 0.6) is 0 Å². The van der Waals surface area contributed by atoms with Gasteiger partial charge in [-0.15, -0.1) is 11.3 Å². The molecule has 3 nitrogen and oxygen atoms in total. The first-order valence-electron chi connectivity index (χ1n) is 7.01. The second-order valence-electron chi connectivity index (χ2n) is 5.14. The van der Waals surface area contributed by atoms with Gasteiger partial charge in [0.05, 0.1) is 27.2 Å². The number of hydrogen-bond donors (Lipinski definition) is 2. The Morgan fingerprint density at radius 3 is 2.67 bits per heavy atom. The Morgan fingerprint density at radius 1 is 1.21 bits per heavy atom. The van der Waals surface area contributed by atoms with E-state index < -0.39 is 11.7 Å². The van der Waals surface area contributed by atoms with Crippen LogP contribution in [0, 0.1) is 0 Å². The fourth-order valence-corrected chi connectivity index (χ4v) is 3.80. The van der Waals surface area contributed by atoms with Crippen molar-refractivity contribution in [3.63, 3.8) is 0 Å². The molecule has 0 radical (unpaired) electrons. The monoisotopic (exact) mass is 369 g/mol. The number of fused-ring (bicyclic) bond motifs is 1. The van der Waals surface area contributed by atoms with Crippen LogP contribution < -0.4 is 11.1 Å². The summed E-state index contributed by atoms with van der Waals surface area (Å²) >= 11 is 3.21. The van der Waals surface area contributed by atoms with Crippen molar-refractivity contribution in [2.75, 3.05) is 17.3 Å². The van der Waals surface area contributed by atoms with Crippen molar-refractivity contribution in [1.29, 1.82) is 0 Å². The first-order chi connectivity index (χ1) is 11.4. The standard InChI is InChI=1S/C16H14F3N3S2/c1-23-15-22-13-4-2-9(6-14(13)24-15)8-21-12-5-3-10(7-11(12)20)16(17,18)19/h2-7,21H,8,20H2,1H3. The second-order valence-corrected chi connectivity index (χ2v) is 7.22. The van der Waals surface area contributed by atoms with Gasteiger partial charge in [0.1, 0.15) is 0 Å². The van der Waals surface area contributed by atoms with Crippen LogP contribution >= 0.6 is 23.1 Å². The van der Waals surface area contributed by atoms with Gasteiger partial charge < -0.3 is 11.1 Å². The Labute approximate surface area is 145 Å². The molecular weight excluding hydrogens is 355 g/mol. The van der Waals surface area contributed by atoms with E-state index in [2.05, 4.69) is 10.3 Å². The van der Waals surface area contributed by atoms with Crippen LogP contribution in [-0.4, -0.2) is 11.2 Å². The third-order valence-corrected chi connectivity index (χ3v) is 5.47. The molecule has 0 spiro atoms. The van der Waals surface area contributed by atoms with E-state index in [9.17, 15) is 13.2 Å². The number of rotatable bonds is 4. The molecule has 0 saturated heterocycles. The number of benzene rings is 2. The van der Waals surface area contributed by atoms with E-state index in [1.54, 1.807) is 23.1 Å². The summed E-state index contributed by atoms with van der Waals surface area (Å²) in [6.07, 6.45) is -2.41. The first-order valence-corrected chi connectivity index (χ1v) is 9.05. The molecule has 0 saturated carbocycles. The van der Waals surface area contributed by atoms with Crippen molar-refractivity contribution in [3.8, 4) is 0 Å². The second kappa shape index (κ2) is 6.52. The maximum absolute atomic E-state index is 12.6. The van der Waals surface area contributed by atoms with Crippen LogP contribution in [0.15, 0.2) is 40.7 Å². The lowest BCUT2D eigenvalue weighted by molar-refractivity contribution is -0.137. The summed E-state index contributed by atoms with van der Waals surface area (Å²) < 4.78 is 40.0. The number of alkyl halides is 3. The highest BCUT2D eigenvalue weighted by molar-refractivity contribution is 8.00. The van der Waals surface area contributed by atoms with Gasteiger partial charge in [-0.2, -0.15) is 13.2 Å². The molecule has 0 aliphatic carbocycles. The maximum atomic E-state index is 12.6. The predicted octanol–water partition coefficient (Wildman–Crippen LogP) is 5.23. The Bertz CT molecular complexity index is 875. The highest BCUT2D eigenvalue weighted by atomic mass is 32.2. The summed E-state index contributed by atoms with van der Waals surface area (Å²) in [6.45, 7) is 0.470. The Kier molecular flexibility index (Phi) is 4.60. The molecule has 0 unspecified atom stereocenters. The van der Waals surface area contributed by atoms with Crippen molar-refractivity contribution in [2.45, 2.75) is 17.1 Å². The maximum Gasteiger partial charge on any atom is 0.416 e. The van der Waals surface area contributed by atoms with Gasteiger partial charge in [-0.25, -0.2) is 4.98 Å². The van der Waals surface area contributed by atoms with E-state index in [1.165, 1.54) is 6.07 Å². The normalized spacial score (nSPS) is 11.8. The van der Waals surface area contributed by atoms with Crippen molar-refractivity contribution in [1.82, 2.24) is 4.98 Å². The molecule has 0 atom stereocenters. The number of nitrogens with zero attached hydrogens (tertiary/aromatic N) is 1. The molecular formula is C16H14F3N3S2. The zero-order chi connectivity index (χ0) is 17.3. The molecule has 126 valence electrons. The van der Waals surface area contributed by atoms with Crippen LogP contribution in [0.4, 0.5) is 24.5 Å². The zero-order valence-corrected chi connectivity index (χ0v) is 14.3. The van der Waals surface area contributed by atoms with Gasteiger partial charge in [-0.05, 0) is 42.2 Å². The summed E-state index contributed by atoms with van der Waals surface area (Å²) in [5.41, 5.74) is 7.49. The number of hydrogen-bond acceptors (Lipinski definition) is 5. The topological polar surface area (TPSA) is 50.9 Å². The molecule has 0 bridgehead atoms. The molecule has 3 rings (SSSR count). The fourth-order valence-electron chi connectivity index (χ4n) is 2.24. The van der Waals surface area contributed by atoms with Gasteiger partial charge in [-0.3, -0.25) is 0 Å². The molecule has 0 aliphatic rings. The number of anilines is 2. The lowest BCUT2D eigenvalue weighted by Gasteiger charge is -2.12. The van der Waals surface area contributed by atoms with Gasteiger partial charge in [0, 0.05) is 6.54 Å². The highest BCUT2D eigenvalue weighted by Crippen LogP contribution is 2.33. The van der Waals surface area contributed by atoms with Crippen LogP contribution in [-0.2, 0) is 12.7 Å². The van der Waals surface area contributed by atoms with Crippen molar-refractivity contribution >= 4 is 44.7 Å². The fraction of sp³-hybridized carbons (Fsp3) is 0.188. The minimum Gasteiger partial charge on any atom is -0.397 e. The van der Waals surface area contributed by atoms with Gasteiger partial charge in [0.15, 0.2) is 4.34 Å². The van der Waals surface area contributed by atoms with Crippen LogP contribution in [0.3, 0.4) is 0 Å². The van der Waals surface area contributed by atoms with Crippen molar-refractivity contribution < 1.29 is 13.2 Å². The molecule has 1 aromatic heterocycles. The third-order valence-electron chi connectivity index (χ3n) is 3.47. The largest absolute Gasteiger partial charge is 0.416 e. The van der Waals surface area contributed by atoms with E-state index in [-0.39, 0.29) is 5.69 Å². The van der Waals surface area contributed by atoms with Gasteiger partial charge in [0.2, 0.25) is 0 Å². The Hall–Kier alpha value is -1.93. The van der Waals surface area contributed by atoms with Gasteiger partial charge in [-0.1, -0.05) is 17.8 Å². The number of halogens is 3. The number of thiazole rings is 1. The van der Waals surface area contributed by atoms with Crippen LogP contribution in [0.1, 0.15) is 11.1 Å². The molecule has 3 N–H and O–H groups in total. The SMILES string of the molecule is CSc1nc2ccc(CNc3ccc(C(F)(F)F)cc3N)cc2s1. The number of nitrogens with two attached hydrogens (primary N) is 1. The van der Waals surface area contributed by atoms with Crippen LogP contribution in [0.25, 0.3) is 10.2 Å². The first kappa shape index (κ1) is 16.9. The van der Waals surface area contributed by atoms with Gasteiger partial charge in [0.25, 0.3) is 0 Å². The molecule has 3 aromatic rings. The highest BCUT2D eigenvalue weighted by Gasteiger charge is 2.30. The van der Waals surface area contributed by atoms with Crippen LogP contribution in [0.2, 0.25) is 0 Å². The lowest BCUT2D eigenvalue weighted by atomic mass is 10.1. The van der Waals surface area contributed by atoms with Crippen molar-refractivity contribution in [3.05, 3.63) is 47.5 Å². The lowest BCUT2D eigenvalue weighted by Crippen LogP contribution is -2.08. The molecule has 2 aromatic carbocycles. The van der Waals surface area contributed by atoms with E-state index in [0.717, 1.165) is 32.3 Å². The van der Waals surface area contributed by atoms with E-state index in [4.69, 9.17) is 5.73 Å². The third kappa shape index (κ3) is 3.59. The molecule has 8 heteroatoms. The summed E-state index contributed by atoms with van der Waals surface area (Å²) in [6, 6.07) is 9.24. The van der Waals surface area contributed by atoms with E-state index in [0.29, 0.717) is 12.2 Å². The minimum absolute atomic E-state index is 0.0772.